The number of aromatic nitrogens is 4. The number of ketones is 8. The molecule has 4 aromatic heterocycles. The number of nitrogens with zero attached hydrogens (tertiary/aromatic N) is 16. The molecule has 4 N–H and O–H groups in total. The van der Waals surface area contributed by atoms with E-state index in [1.165, 1.54) is 132 Å². The Morgan fingerprint density at radius 1 is 0.313 bits per heavy atom. The standard InChI is InChI=1S/C29H27ClN4O4.3C22H13ClN4O4/c1-5-7-10-17(6-2)15-34-28(37)24(31-4)16(3)25(29(34)38)33-32-21-14-9-12-19-23(21)27(36)22-18(26(19)35)11-8-13-20(22)30;1-10-17(24-2)21(30)27(3)22(31)18(10)26-25-14-9-5-7-12-16(14)20(29)11-6-4-8-13(23)15(11)19(12)28;2*1-10-17(24-2)21(30)27(3)22(31)18(10)26-25-14-9-5-7-12-16(14)20(29)15-11(19(12)28)6-4-8-13(15)23/h8-9,11-14,17,37H,5-7,10,15H2,1-3H3;3*4-9,30H,1,3H3. The number of aromatic hydroxyl groups is 4. The number of unbranched alkanes of at least 4 members (excludes halogenated alkanes) is 1. The third kappa shape index (κ3) is 16.4. The summed E-state index contributed by atoms with van der Waals surface area (Å²) in [6.07, 6.45) is 3.69. The van der Waals surface area contributed by atoms with Gasteiger partial charge in [0.2, 0.25) is 22.7 Å². The van der Waals surface area contributed by atoms with Crippen LogP contribution in [-0.4, -0.2) is 85.0 Å². The molecule has 36 heteroatoms. The van der Waals surface area contributed by atoms with Crippen molar-refractivity contribution in [2.75, 3.05) is 0 Å². The molecule has 4 aliphatic carbocycles. The minimum Gasteiger partial charge on any atom is -0.503 e. The van der Waals surface area contributed by atoms with Gasteiger partial charge in [-0.1, -0.05) is 177 Å². The van der Waals surface area contributed by atoms with Gasteiger partial charge in [-0.05, 0) is 111 Å². The van der Waals surface area contributed by atoms with E-state index < -0.39 is 68.8 Å². The molecule has 0 radical (unpaired) electrons. The average Bonchev–Trinajstić information content (AvgIpc) is 0.752. The molecule has 0 saturated carbocycles. The molecule has 32 nitrogen and oxygen atoms in total. The minimum absolute atomic E-state index is 0.0375. The number of azo groups is 4. The van der Waals surface area contributed by atoms with Gasteiger partial charge in [0.1, 0.15) is 22.7 Å². The Kier molecular flexibility index (Phi) is 26.5. The fourth-order valence-electron chi connectivity index (χ4n) is 15.2. The van der Waals surface area contributed by atoms with E-state index in [1.807, 2.05) is 6.92 Å². The summed E-state index contributed by atoms with van der Waals surface area (Å²) in [6, 6.07) is 37.0. The third-order valence-electron chi connectivity index (χ3n) is 22.3. The fourth-order valence-corrected chi connectivity index (χ4v) is 16.2. The summed E-state index contributed by atoms with van der Waals surface area (Å²) in [5.41, 5.74) is -0.513. The Morgan fingerprint density at radius 3 is 0.817 bits per heavy atom. The van der Waals surface area contributed by atoms with Crippen molar-refractivity contribution in [2.24, 2.45) is 68.0 Å². The van der Waals surface area contributed by atoms with Gasteiger partial charge >= 0.3 is 0 Å². The number of hydrogen-bond donors (Lipinski definition) is 4. The predicted octanol–water partition coefficient (Wildman–Crippen LogP) is 21.9. The van der Waals surface area contributed by atoms with Crippen LogP contribution in [0, 0.1) is 59.9 Å². The Hall–Kier alpha value is -16.4. The van der Waals surface area contributed by atoms with Crippen molar-refractivity contribution in [3.8, 4) is 23.5 Å². The van der Waals surface area contributed by atoms with Crippen molar-refractivity contribution < 1.29 is 58.8 Å². The van der Waals surface area contributed by atoms with Crippen molar-refractivity contribution >= 4 is 161 Å². The molecule has 0 fully saturated rings. The maximum Gasteiger partial charge on any atom is 0.279 e. The molecule has 8 aromatic carbocycles. The van der Waals surface area contributed by atoms with Crippen LogP contribution in [0.25, 0.3) is 19.4 Å². The summed E-state index contributed by atoms with van der Waals surface area (Å²) in [6.45, 7) is 39.5. The SMILES string of the molecule is [C-]#[N+]c1c(C)c(N=Nc2cccc3c2C(=O)c2c(Cl)cccc2C3=O)c(=O)n(C)c1O.[C-]#[N+]c1c(C)c(N=Nc2cccc3c2C(=O)c2c(Cl)cccc2C3=O)c(=O)n(C)c1O.[C-]#[N+]c1c(C)c(N=Nc2cccc3c2C(=O)c2c(Cl)cccc2C3=O)c(=O)n(CC(CC)CCCC)c1O.[C-]#[N+]c1c(C)c(N=Nc2cccc3c2C(=O)c2cccc(Cl)c2C3=O)c(=O)n(C)c1O. The summed E-state index contributed by atoms with van der Waals surface area (Å²) in [4.78, 5) is 169. The lowest BCUT2D eigenvalue weighted by atomic mass is 9.83. The number of carbonyl (C=O) groups is 8. The van der Waals surface area contributed by atoms with Gasteiger partial charge in [0.15, 0.2) is 69.8 Å². The topological polar surface area (TPSA) is 422 Å². The Morgan fingerprint density at radius 2 is 0.542 bits per heavy atom. The molecule has 1 unspecified atom stereocenters. The second-order valence-corrected chi connectivity index (χ2v) is 31.5. The zero-order valence-corrected chi connectivity index (χ0v) is 73.3. The largest absolute Gasteiger partial charge is 0.503 e. The highest BCUT2D eigenvalue weighted by atomic mass is 35.5. The molecule has 0 aliphatic heterocycles. The first kappa shape index (κ1) is 92.3. The molecule has 12 aromatic rings. The summed E-state index contributed by atoms with van der Waals surface area (Å²) < 4.78 is 3.85. The Labute approximate surface area is 762 Å². The van der Waals surface area contributed by atoms with E-state index in [0.29, 0.717) is 0 Å². The number of carbonyl (C=O) groups excluding carboxylic acids is 8. The molecule has 4 heterocycles. The highest BCUT2D eigenvalue weighted by molar-refractivity contribution is 6.42. The van der Waals surface area contributed by atoms with E-state index in [9.17, 15) is 78.0 Å². The smallest absolute Gasteiger partial charge is 0.279 e. The number of fused-ring (bicyclic) bond motifs is 8. The van der Waals surface area contributed by atoms with Gasteiger partial charge in [-0.25, -0.2) is 19.4 Å². The lowest BCUT2D eigenvalue weighted by molar-refractivity contribution is 0.0979. The van der Waals surface area contributed by atoms with E-state index in [1.54, 1.807) is 66.7 Å². The van der Waals surface area contributed by atoms with Gasteiger partial charge in [-0.15, -0.1) is 40.9 Å². The molecule has 1 atom stereocenters. The van der Waals surface area contributed by atoms with E-state index in [2.05, 4.69) is 67.2 Å². The van der Waals surface area contributed by atoms with Crippen molar-refractivity contribution in [1.82, 2.24) is 18.3 Å². The van der Waals surface area contributed by atoms with Crippen LogP contribution >= 0.6 is 46.4 Å². The molecule has 650 valence electrons. The summed E-state index contributed by atoms with van der Waals surface area (Å²) in [5, 5.41) is 73.8. The molecular formula is C95H66Cl4N16O16. The van der Waals surface area contributed by atoms with E-state index in [4.69, 9.17) is 72.7 Å². The van der Waals surface area contributed by atoms with Crippen LogP contribution in [0.5, 0.6) is 23.5 Å². The molecular weight excluding hydrogens is 1760 g/mol. The van der Waals surface area contributed by atoms with Crippen molar-refractivity contribution in [3.05, 3.63) is 364 Å². The van der Waals surface area contributed by atoms with Crippen molar-refractivity contribution in [1.29, 1.82) is 0 Å². The second kappa shape index (κ2) is 37.7. The second-order valence-electron chi connectivity index (χ2n) is 29.8. The van der Waals surface area contributed by atoms with Crippen molar-refractivity contribution in [3.63, 3.8) is 0 Å². The van der Waals surface area contributed by atoms with Crippen LogP contribution in [0.1, 0.15) is 189 Å². The molecule has 0 bridgehead atoms. The van der Waals surface area contributed by atoms with Gasteiger partial charge in [-0.2, -0.15) is 0 Å². The van der Waals surface area contributed by atoms with E-state index in [0.717, 1.165) is 39.4 Å². The quantitative estimate of drug-likeness (QED) is 0.0580. The monoisotopic (exact) mass is 1830 g/mol. The van der Waals surface area contributed by atoms with E-state index in [-0.39, 0.29) is 235 Å². The van der Waals surface area contributed by atoms with Gasteiger partial charge in [0.05, 0.1) is 114 Å². The average molecular weight is 1830 g/mol. The number of benzene rings is 8. The van der Waals surface area contributed by atoms with Crippen LogP contribution in [0.2, 0.25) is 20.1 Å². The first-order valence-electron chi connectivity index (χ1n) is 39.5. The summed E-state index contributed by atoms with van der Waals surface area (Å²) in [5.74, 6) is -4.98. The molecule has 0 amide bonds. The zero-order valence-electron chi connectivity index (χ0n) is 70.3. The highest BCUT2D eigenvalue weighted by Gasteiger charge is 2.39. The zero-order chi connectivity index (χ0) is 94.9. The molecule has 0 saturated heterocycles. The lowest BCUT2D eigenvalue weighted by Crippen LogP contribution is -2.24. The van der Waals surface area contributed by atoms with E-state index >= 15 is 0 Å². The lowest BCUT2D eigenvalue weighted by Gasteiger charge is -2.20. The first-order chi connectivity index (χ1) is 62.6. The Balaban J connectivity index is 0.000000149. The maximum absolute atomic E-state index is 13.4. The van der Waals surface area contributed by atoms with Crippen LogP contribution in [0.4, 0.5) is 68.2 Å². The normalized spacial score (nSPS) is 12.8. The highest BCUT2D eigenvalue weighted by Crippen LogP contribution is 2.46. The maximum atomic E-state index is 13.4. The van der Waals surface area contributed by atoms with Gasteiger partial charge in [0, 0.05) is 72.2 Å². The van der Waals surface area contributed by atoms with Crippen LogP contribution in [0.15, 0.2) is 206 Å². The van der Waals surface area contributed by atoms with Gasteiger partial charge in [0.25, 0.3) is 22.2 Å². The number of hydrogen-bond acceptors (Lipinski definition) is 24. The Bertz CT molecular complexity index is 7500. The van der Waals surface area contributed by atoms with Crippen LogP contribution < -0.4 is 22.2 Å². The molecule has 4 aliphatic rings. The summed E-state index contributed by atoms with van der Waals surface area (Å²) >= 11 is 24.8. The summed E-state index contributed by atoms with van der Waals surface area (Å²) in [7, 11) is 3.91. The molecule has 16 rings (SSSR count). The molecule has 0 spiro atoms. The number of rotatable bonds is 14. The number of pyridine rings is 4. The minimum atomic E-state index is -0.660. The predicted molar refractivity (Wildman–Crippen MR) is 485 cm³/mol. The third-order valence-corrected chi connectivity index (χ3v) is 23.6. The number of halogens is 4. The van der Waals surface area contributed by atoms with Gasteiger partial charge < -0.3 is 20.4 Å². The first-order valence-corrected chi connectivity index (χ1v) is 41.0. The van der Waals surface area contributed by atoms with Crippen LogP contribution in [-0.2, 0) is 27.7 Å². The van der Waals surface area contributed by atoms with Crippen molar-refractivity contribution in [2.45, 2.75) is 73.8 Å². The fraction of sp³-hybridized carbons (Fsp3) is 0.158. The molecule has 131 heavy (non-hydrogen) atoms. The van der Waals surface area contributed by atoms with Crippen LogP contribution in [0.3, 0.4) is 0 Å². The van der Waals surface area contributed by atoms with Gasteiger partial charge in [-0.3, -0.25) is 75.8 Å².